The van der Waals surface area contributed by atoms with Gasteiger partial charge in [-0.3, -0.25) is 4.79 Å². The highest BCUT2D eigenvalue weighted by molar-refractivity contribution is 6.09. The highest BCUT2D eigenvalue weighted by atomic mass is 19.4. The number of nitrogens with one attached hydrogen (secondary N) is 1. The van der Waals surface area contributed by atoms with E-state index in [0.29, 0.717) is 35.7 Å². The molecule has 0 atom stereocenters. The fourth-order valence-electron chi connectivity index (χ4n) is 3.74. The molecule has 0 radical (unpaired) electrons. The lowest BCUT2D eigenvalue weighted by Gasteiger charge is -2.22. The number of pyridine rings is 1. The van der Waals surface area contributed by atoms with Gasteiger partial charge in [0, 0.05) is 25.1 Å². The lowest BCUT2D eigenvalue weighted by atomic mass is 10.1. The van der Waals surface area contributed by atoms with Gasteiger partial charge in [0.2, 0.25) is 0 Å². The summed E-state index contributed by atoms with van der Waals surface area (Å²) >= 11 is 0. The smallest absolute Gasteiger partial charge is 0.416 e. The maximum Gasteiger partial charge on any atom is 0.416 e. The van der Waals surface area contributed by atoms with Crippen LogP contribution in [0.15, 0.2) is 30.5 Å². The highest BCUT2D eigenvalue weighted by Gasteiger charge is 2.30. The van der Waals surface area contributed by atoms with E-state index >= 15 is 0 Å². The van der Waals surface area contributed by atoms with Crippen LogP contribution in [-0.4, -0.2) is 41.0 Å². The van der Waals surface area contributed by atoms with Crippen LogP contribution in [0.3, 0.4) is 0 Å². The van der Waals surface area contributed by atoms with E-state index in [1.165, 1.54) is 25.4 Å². The van der Waals surface area contributed by atoms with E-state index < -0.39 is 17.6 Å². The SMILES string of the molecule is COc1c(C(=O)Nc2ccc(C(F)(F)F)cc2)cnc2c1c(C)nn2C1CCOCC1. The van der Waals surface area contributed by atoms with Gasteiger partial charge in [-0.1, -0.05) is 0 Å². The number of carbonyl (C=O) groups excluding carboxylic acids is 1. The minimum Gasteiger partial charge on any atom is -0.495 e. The van der Waals surface area contributed by atoms with Crippen LogP contribution < -0.4 is 10.1 Å². The first-order valence-electron chi connectivity index (χ1n) is 9.77. The molecule has 7 nitrogen and oxygen atoms in total. The second-order valence-corrected chi connectivity index (χ2v) is 7.31. The first-order chi connectivity index (χ1) is 14.8. The summed E-state index contributed by atoms with van der Waals surface area (Å²) in [6, 6.07) is 4.38. The molecule has 1 N–H and O–H groups in total. The number of nitrogens with zero attached hydrogens (tertiary/aromatic N) is 3. The van der Waals surface area contributed by atoms with Crippen LogP contribution in [0.4, 0.5) is 18.9 Å². The van der Waals surface area contributed by atoms with E-state index in [1.807, 2.05) is 11.6 Å². The van der Waals surface area contributed by atoms with Crippen molar-refractivity contribution >= 4 is 22.6 Å². The Kier molecular flexibility index (Phi) is 5.57. The van der Waals surface area contributed by atoms with Crippen LogP contribution in [0, 0.1) is 6.92 Å². The molecule has 2 aromatic heterocycles. The largest absolute Gasteiger partial charge is 0.495 e. The summed E-state index contributed by atoms with van der Waals surface area (Å²) in [5.41, 5.74) is 0.906. The molecule has 1 aliphatic heterocycles. The van der Waals surface area contributed by atoms with E-state index in [2.05, 4.69) is 15.4 Å². The number of benzene rings is 1. The van der Waals surface area contributed by atoms with Gasteiger partial charge in [-0.25, -0.2) is 9.67 Å². The Morgan fingerprint density at radius 2 is 1.90 bits per heavy atom. The lowest BCUT2D eigenvalue weighted by molar-refractivity contribution is -0.137. The van der Waals surface area contributed by atoms with E-state index in [0.717, 1.165) is 25.0 Å². The predicted molar refractivity (Wildman–Crippen MR) is 107 cm³/mol. The Morgan fingerprint density at radius 1 is 1.23 bits per heavy atom. The topological polar surface area (TPSA) is 78.3 Å². The Morgan fingerprint density at radius 3 is 2.52 bits per heavy atom. The number of amides is 1. The van der Waals surface area contributed by atoms with Crippen molar-refractivity contribution in [3.63, 3.8) is 0 Å². The van der Waals surface area contributed by atoms with E-state index in [1.54, 1.807) is 0 Å². The second kappa shape index (κ2) is 8.18. The molecule has 3 aromatic rings. The highest BCUT2D eigenvalue weighted by Crippen LogP contribution is 2.34. The molecule has 31 heavy (non-hydrogen) atoms. The third-order valence-electron chi connectivity index (χ3n) is 5.30. The number of aromatic nitrogens is 3. The fraction of sp³-hybridized carbons (Fsp3) is 0.381. The monoisotopic (exact) mass is 434 g/mol. The molecule has 1 aromatic carbocycles. The number of methoxy groups -OCH3 is 1. The average Bonchev–Trinajstić information content (AvgIpc) is 3.10. The predicted octanol–water partition coefficient (Wildman–Crippen LogP) is 4.37. The van der Waals surface area contributed by atoms with E-state index in [-0.39, 0.29) is 17.3 Å². The standard InChI is InChI=1S/C21H21F3N4O3/c1-12-17-18(30-2)16(11-25-19(17)28(27-12)15-7-9-31-10-8-15)20(29)26-14-5-3-13(4-6-14)21(22,23)24/h3-6,11,15H,7-10H2,1-2H3,(H,26,29). The van der Waals surface area contributed by atoms with Gasteiger partial charge in [0.25, 0.3) is 5.91 Å². The number of hydrogen-bond donors (Lipinski definition) is 1. The zero-order chi connectivity index (χ0) is 22.2. The van der Waals surface area contributed by atoms with E-state index in [9.17, 15) is 18.0 Å². The molecule has 1 aliphatic rings. The van der Waals surface area contributed by atoms with Gasteiger partial charge in [0.1, 0.15) is 11.3 Å². The van der Waals surface area contributed by atoms with Crippen LogP contribution in [0.25, 0.3) is 11.0 Å². The fourth-order valence-corrected chi connectivity index (χ4v) is 3.74. The second-order valence-electron chi connectivity index (χ2n) is 7.31. The Bertz CT molecular complexity index is 1100. The Balaban J connectivity index is 1.66. The Hall–Kier alpha value is -3.14. The van der Waals surface area contributed by atoms with Gasteiger partial charge >= 0.3 is 6.18 Å². The molecule has 1 saturated heterocycles. The van der Waals surface area contributed by atoms with Gasteiger partial charge < -0.3 is 14.8 Å². The first kappa shape index (κ1) is 21.1. The first-order valence-corrected chi connectivity index (χ1v) is 9.77. The number of carbonyl (C=O) groups is 1. The quantitative estimate of drug-likeness (QED) is 0.660. The zero-order valence-corrected chi connectivity index (χ0v) is 17.0. The van der Waals surface area contributed by atoms with Crippen molar-refractivity contribution in [1.29, 1.82) is 0 Å². The van der Waals surface area contributed by atoms with Crippen molar-refractivity contribution in [3.8, 4) is 5.75 Å². The number of hydrogen-bond acceptors (Lipinski definition) is 5. The lowest BCUT2D eigenvalue weighted by Crippen LogP contribution is -2.21. The number of rotatable bonds is 4. The van der Waals surface area contributed by atoms with Crippen molar-refractivity contribution in [1.82, 2.24) is 14.8 Å². The number of ether oxygens (including phenoxy) is 2. The molecule has 0 saturated carbocycles. The van der Waals surface area contributed by atoms with Crippen LogP contribution >= 0.6 is 0 Å². The van der Waals surface area contributed by atoms with Crippen LogP contribution in [0.1, 0.15) is 40.5 Å². The molecule has 1 fully saturated rings. The maximum absolute atomic E-state index is 12.8. The Labute approximate surface area is 176 Å². The summed E-state index contributed by atoms with van der Waals surface area (Å²) in [5, 5.41) is 7.85. The van der Waals surface area contributed by atoms with Crippen molar-refractivity contribution in [2.75, 3.05) is 25.6 Å². The van der Waals surface area contributed by atoms with Crippen molar-refractivity contribution < 1.29 is 27.4 Å². The number of alkyl halides is 3. The maximum atomic E-state index is 12.8. The van der Waals surface area contributed by atoms with Crippen molar-refractivity contribution in [2.24, 2.45) is 0 Å². The summed E-state index contributed by atoms with van der Waals surface area (Å²) in [4.78, 5) is 17.3. The molecule has 0 unspecified atom stereocenters. The summed E-state index contributed by atoms with van der Waals surface area (Å²) in [5.74, 6) is -0.213. The minimum absolute atomic E-state index is 0.147. The van der Waals surface area contributed by atoms with Gasteiger partial charge in [-0.2, -0.15) is 18.3 Å². The molecule has 1 amide bonds. The summed E-state index contributed by atoms with van der Waals surface area (Å²) in [7, 11) is 1.45. The summed E-state index contributed by atoms with van der Waals surface area (Å²) in [6.45, 7) is 3.12. The van der Waals surface area contributed by atoms with Crippen LogP contribution in [-0.2, 0) is 10.9 Å². The molecule has 164 valence electrons. The zero-order valence-electron chi connectivity index (χ0n) is 17.0. The van der Waals surface area contributed by atoms with E-state index in [4.69, 9.17) is 9.47 Å². The number of halogens is 3. The molecule has 10 heteroatoms. The molecule has 0 spiro atoms. The summed E-state index contributed by atoms with van der Waals surface area (Å²) < 4.78 is 51.0. The molecule has 0 bridgehead atoms. The van der Waals surface area contributed by atoms with Gasteiger partial charge in [0.15, 0.2) is 5.65 Å². The molecular formula is C21H21F3N4O3. The summed E-state index contributed by atoms with van der Waals surface area (Å²) in [6.07, 6.45) is -1.41. The van der Waals surface area contributed by atoms with Crippen molar-refractivity contribution in [2.45, 2.75) is 32.0 Å². The number of anilines is 1. The average molecular weight is 434 g/mol. The molecular weight excluding hydrogens is 413 g/mol. The van der Waals surface area contributed by atoms with Gasteiger partial charge in [-0.15, -0.1) is 0 Å². The normalized spacial score (nSPS) is 15.3. The van der Waals surface area contributed by atoms with Crippen molar-refractivity contribution in [3.05, 3.63) is 47.3 Å². The third kappa shape index (κ3) is 4.07. The molecule has 0 aliphatic carbocycles. The van der Waals surface area contributed by atoms with Crippen LogP contribution in [0.5, 0.6) is 5.75 Å². The van der Waals surface area contributed by atoms with Gasteiger partial charge in [0.05, 0.1) is 29.8 Å². The number of fused-ring (bicyclic) bond motifs is 1. The third-order valence-corrected chi connectivity index (χ3v) is 5.30. The number of aryl methyl sites for hydroxylation is 1. The van der Waals surface area contributed by atoms with Gasteiger partial charge in [-0.05, 0) is 44.0 Å². The van der Waals surface area contributed by atoms with Crippen LogP contribution in [0.2, 0.25) is 0 Å². The molecule has 3 heterocycles. The minimum atomic E-state index is -4.44. The molecule has 4 rings (SSSR count).